The molecule has 0 bridgehead atoms. The number of hydrogen-bond donors (Lipinski definition) is 2. The number of aromatic nitrogens is 2. The van der Waals surface area contributed by atoms with Gasteiger partial charge in [-0.2, -0.15) is 0 Å². The molecule has 0 saturated carbocycles. The fourth-order valence-electron chi connectivity index (χ4n) is 1.43. The molecule has 1 heterocycles. The van der Waals surface area contributed by atoms with E-state index >= 15 is 0 Å². The SMILES string of the molecule is O.O=c1cc(Cc2ccccc2)[nH]c(=S)[nH]1. The van der Waals surface area contributed by atoms with Crippen molar-refractivity contribution >= 4 is 12.2 Å². The van der Waals surface area contributed by atoms with Gasteiger partial charge in [0.1, 0.15) is 0 Å². The summed E-state index contributed by atoms with van der Waals surface area (Å²) >= 11 is 4.89. The second kappa shape index (κ2) is 5.39. The van der Waals surface area contributed by atoms with Gasteiger partial charge in [-0.15, -0.1) is 0 Å². The summed E-state index contributed by atoms with van der Waals surface area (Å²) < 4.78 is 0.369. The topological polar surface area (TPSA) is 80.2 Å². The van der Waals surface area contributed by atoms with Crippen molar-refractivity contribution in [3.05, 3.63) is 62.8 Å². The average Bonchev–Trinajstić information content (AvgIpc) is 2.17. The molecule has 1 aromatic carbocycles. The van der Waals surface area contributed by atoms with E-state index in [2.05, 4.69) is 9.97 Å². The van der Waals surface area contributed by atoms with Crippen LogP contribution in [0.5, 0.6) is 0 Å². The Morgan fingerprint density at radius 2 is 1.81 bits per heavy atom. The lowest BCUT2D eigenvalue weighted by molar-refractivity contribution is 0.824. The average molecular weight is 236 g/mol. The Labute approximate surface area is 97.3 Å². The molecule has 84 valence electrons. The quantitative estimate of drug-likeness (QED) is 0.768. The van der Waals surface area contributed by atoms with Crippen LogP contribution in [0.1, 0.15) is 11.3 Å². The van der Waals surface area contributed by atoms with Crippen molar-refractivity contribution < 1.29 is 5.48 Å². The molecule has 5 heteroatoms. The fraction of sp³-hybridized carbons (Fsp3) is 0.0909. The van der Waals surface area contributed by atoms with Crippen LogP contribution in [0.3, 0.4) is 0 Å². The van der Waals surface area contributed by atoms with Gasteiger partial charge in [-0.3, -0.25) is 9.78 Å². The van der Waals surface area contributed by atoms with Crippen LogP contribution in [0, 0.1) is 4.77 Å². The van der Waals surface area contributed by atoms with E-state index in [4.69, 9.17) is 12.2 Å². The van der Waals surface area contributed by atoms with Gasteiger partial charge in [0.05, 0.1) is 0 Å². The van der Waals surface area contributed by atoms with Crippen molar-refractivity contribution in [2.45, 2.75) is 6.42 Å². The lowest BCUT2D eigenvalue weighted by Gasteiger charge is -2.00. The molecule has 0 amide bonds. The van der Waals surface area contributed by atoms with Gasteiger partial charge in [-0.05, 0) is 17.8 Å². The summed E-state index contributed by atoms with van der Waals surface area (Å²) in [6.45, 7) is 0. The Bertz CT molecular complexity index is 532. The van der Waals surface area contributed by atoms with Crippen LogP contribution in [-0.2, 0) is 6.42 Å². The van der Waals surface area contributed by atoms with Crippen molar-refractivity contribution in [1.29, 1.82) is 0 Å². The number of H-pyrrole nitrogens is 2. The van der Waals surface area contributed by atoms with Crippen molar-refractivity contribution in [2.75, 3.05) is 0 Å². The van der Waals surface area contributed by atoms with Gasteiger partial charge < -0.3 is 10.5 Å². The van der Waals surface area contributed by atoms with E-state index in [1.807, 2.05) is 30.3 Å². The molecule has 2 aromatic rings. The van der Waals surface area contributed by atoms with E-state index in [1.165, 1.54) is 6.07 Å². The van der Waals surface area contributed by atoms with Gasteiger partial charge >= 0.3 is 0 Å². The molecule has 2 rings (SSSR count). The van der Waals surface area contributed by atoms with Crippen LogP contribution in [0.4, 0.5) is 0 Å². The highest BCUT2D eigenvalue weighted by atomic mass is 32.1. The van der Waals surface area contributed by atoms with Gasteiger partial charge in [0.2, 0.25) is 0 Å². The van der Waals surface area contributed by atoms with Gasteiger partial charge in [0.15, 0.2) is 4.77 Å². The first-order valence-corrected chi connectivity index (χ1v) is 5.01. The Kier molecular flexibility index (Phi) is 4.16. The van der Waals surface area contributed by atoms with Gasteiger partial charge in [-0.1, -0.05) is 30.3 Å². The predicted octanol–water partition coefficient (Wildman–Crippen LogP) is 1.20. The molecule has 4 N–H and O–H groups in total. The minimum atomic E-state index is -0.162. The first-order valence-electron chi connectivity index (χ1n) is 4.60. The summed E-state index contributed by atoms with van der Waals surface area (Å²) in [5, 5.41) is 0. The second-order valence-electron chi connectivity index (χ2n) is 3.28. The van der Waals surface area contributed by atoms with Crippen molar-refractivity contribution in [1.82, 2.24) is 9.97 Å². The first kappa shape index (κ1) is 12.4. The maximum Gasteiger partial charge on any atom is 0.251 e. The summed E-state index contributed by atoms with van der Waals surface area (Å²) in [6, 6.07) is 11.5. The fourth-order valence-corrected chi connectivity index (χ4v) is 1.66. The lowest BCUT2D eigenvalue weighted by atomic mass is 10.1. The Hall–Kier alpha value is -1.72. The minimum Gasteiger partial charge on any atom is -0.412 e. The molecule has 0 fully saturated rings. The van der Waals surface area contributed by atoms with Crippen LogP contribution in [0.15, 0.2) is 41.2 Å². The highest BCUT2D eigenvalue weighted by Gasteiger charge is 1.96. The molecule has 0 atom stereocenters. The molecular formula is C11H12N2O2S. The third kappa shape index (κ3) is 3.15. The second-order valence-corrected chi connectivity index (χ2v) is 3.68. The highest BCUT2D eigenvalue weighted by Crippen LogP contribution is 2.04. The molecule has 0 unspecified atom stereocenters. The Morgan fingerprint density at radius 3 is 2.44 bits per heavy atom. The number of aromatic amines is 2. The van der Waals surface area contributed by atoms with Crippen LogP contribution < -0.4 is 5.56 Å². The van der Waals surface area contributed by atoms with E-state index < -0.39 is 0 Å². The summed E-state index contributed by atoms with van der Waals surface area (Å²) in [7, 11) is 0. The molecule has 4 nitrogen and oxygen atoms in total. The number of nitrogens with one attached hydrogen (secondary N) is 2. The van der Waals surface area contributed by atoms with Crippen LogP contribution in [0.25, 0.3) is 0 Å². The zero-order chi connectivity index (χ0) is 10.7. The molecule has 0 saturated heterocycles. The van der Waals surface area contributed by atoms with E-state index in [9.17, 15) is 4.79 Å². The minimum absolute atomic E-state index is 0. The highest BCUT2D eigenvalue weighted by molar-refractivity contribution is 7.71. The number of rotatable bonds is 2. The van der Waals surface area contributed by atoms with E-state index in [0.29, 0.717) is 11.2 Å². The smallest absolute Gasteiger partial charge is 0.251 e. The Morgan fingerprint density at radius 1 is 1.12 bits per heavy atom. The largest absolute Gasteiger partial charge is 0.412 e. The maximum absolute atomic E-state index is 11.2. The molecule has 1 aromatic heterocycles. The van der Waals surface area contributed by atoms with Gasteiger partial charge in [0, 0.05) is 18.2 Å². The number of hydrogen-bond acceptors (Lipinski definition) is 2. The molecular weight excluding hydrogens is 224 g/mol. The summed E-state index contributed by atoms with van der Waals surface area (Å²) in [5.74, 6) is 0. The lowest BCUT2D eigenvalue weighted by Crippen LogP contribution is -2.08. The summed E-state index contributed by atoms with van der Waals surface area (Å²) in [6.07, 6.45) is 0.689. The van der Waals surface area contributed by atoms with E-state index in [1.54, 1.807) is 0 Å². The van der Waals surface area contributed by atoms with E-state index in [0.717, 1.165) is 11.3 Å². The van der Waals surface area contributed by atoms with Crippen LogP contribution >= 0.6 is 12.2 Å². The zero-order valence-electron chi connectivity index (χ0n) is 8.49. The molecule has 0 aliphatic heterocycles. The summed E-state index contributed by atoms with van der Waals surface area (Å²) in [4.78, 5) is 16.6. The van der Waals surface area contributed by atoms with Crippen molar-refractivity contribution in [2.24, 2.45) is 0 Å². The normalized spacial score (nSPS) is 9.50. The maximum atomic E-state index is 11.2. The zero-order valence-corrected chi connectivity index (χ0v) is 9.30. The molecule has 0 spiro atoms. The van der Waals surface area contributed by atoms with Crippen LogP contribution in [-0.4, -0.2) is 15.4 Å². The van der Waals surface area contributed by atoms with Crippen molar-refractivity contribution in [3.63, 3.8) is 0 Å². The molecule has 16 heavy (non-hydrogen) atoms. The first-order chi connectivity index (χ1) is 7.24. The third-order valence-corrected chi connectivity index (χ3v) is 2.26. The third-order valence-electron chi connectivity index (χ3n) is 2.05. The summed E-state index contributed by atoms with van der Waals surface area (Å²) in [5.41, 5.74) is 1.81. The molecule has 0 radical (unpaired) electrons. The standard InChI is InChI=1S/C11H10N2OS.H2O/c14-10-7-9(12-11(15)13-10)6-8-4-2-1-3-5-8;/h1-5,7H,6H2,(H2,12,13,14,15);1H2. The molecule has 0 aliphatic rings. The monoisotopic (exact) mass is 236 g/mol. The van der Waals surface area contributed by atoms with Crippen molar-refractivity contribution in [3.8, 4) is 0 Å². The van der Waals surface area contributed by atoms with Gasteiger partial charge in [-0.25, -0.2) is 0 Å². The number of benzene rings is 1. The predicted molar refractivity (Wildman–Crippen MR) is 65.1 cm³/mol. The Balaban J connectivity index is 0.00000128. The van der Waals surface area contributed by atoms with E-state index in [-0.39, 0.29) is 11.0 Å². The molecule has 0 aliphatic carbocycles. The van der Waals surface area contributed by atoms with Gasteiger partial charge in [0.25, 0.3) is 5.56 Å². The van der Waals surface area contributed by atoms with Crippen LogP contribution in [0.2, 0.25) is 0 Å².